The Kier molecular flexibility index (Phi) is 2.94. The third kappa shape index (κ3) is 2.08. The Bertz CT molecular complexity index is 750. The fourth-order valence-electron chi connectivity index (χ4n) is 3.47. The van der Waals surface area contributed by atoms with Crippen molar-refractivity contribution >= 4 is 17.3 Å². The van der Waals surface area contributed by atoms with E-state index in [1.54, 1.807) is 0 Å². The summed E-state index contributed by atoms with van der Waals surface area (Å²) in [6.07, 6.45) is 0. The Morgan fingerprint density at radius 2 is 1.64 bits per heavy atom. The third-order valence-electron chi connectivity index (χ3n) is 4.47. The number of aliphatic imine (C=N–C) groups is 1. The Morgan fingerprint density at radius 1 is 1.00 bits per heavy atom. The topological polar surface area (TPSA) is 15.4 Å². The highest BCUT2D eigenvalue weighted by Crippen LogP contribution is 2.54. The Labute approximate surface area is 134 Å². The summed E-state index contributed by atoms with van der Waals surface area (Å²) in [6.45, 7) is 4.24. The molecule has 2 aromatic rings. The first-order chi connectivity index (χ1) is 10.5. The Hall–Kier alpha value is -1.71. The molecule has 0 saturated carbocycles. The summed E-state index contributed by atoms with van der Waals surface area (Å²) in [5.41, 5.74) is 3.10. The first-order valence-electron chi connectivity index (χ1n) is 7.37. The van der Waals surface area contributed by atoms with E-state index in [4.69, 9.17) is 16.6 Å². The number of hydrogen-bond donors (Lipinski definition) is 0. The molecule has 2 aromatic carbocycles. The average molecular weight is 315 g/mol. The van der Waals surface area contributed by atoms with Gasteiger partial charge in [0.05, 0.1) is 17.8 Å². The molecular formula is C18H16ClFN2. The summed E-state index contributed by atoms with van der Waals surface area (Å²) < 4.78 is 13.1. The van der Waals surface area contributed by atoms with E-state index < -0.39 is 0 Å². The van der Waals surface area contributed by atoms with Crippen LogP contribution in [0, 0.1) is 5.82 Å². The van der Waals surface area contributed by atoms with Crippen molar-refractivity contribution in [1.82, 2.24) is 4.90 Å². The van der Waals surface area contributed by atoms with Crippen molar-refractivity contribution in [3.05, 3.63) is 70.5 Å². The highest BCUT2D eigenvalue weighted by Gasteiger charge is 2.62. The zero-order chi connectivity index (χ0) is 15.5. The molecule has 0 aromatic heterocycles. The van der Waals surface area contributed by atoms with Crippen LogP contribution in [0.4, 0.5) is 4.39 Å². The second-order valence-corrected chi connectivity index (χ2v) is 6.78. The van der Waals surface area contributed by atoms with Gasteiger partial charge in [0.25, 0.3) is 0 Å². The Balaban J connectivity index is 1.70. The van der Waals surface area contributed by atoms with Crippen molar-refractivity contribution < 1.29 is 4.39 Å². The summed E-state index contributed by atoms with van der Waals surface area (Å²) >= 11 is 5.97. The van der Waals surface area contributed by atoms with Crippen LogP contribution in [0.1, 0.15) is 31.0 Å². The molecule has 0 amide bonds. The average Bonchev–Trinajstić information content (AvgIpc) is 3.16. The van der Waals surface area contributed by atoms with Crippen LogP contribution in [0.25, 0.3) is 0 Å². The smallest absolute Gasteiger partial charge is 0.123 e. The van der Waals surface area contributed by atoms with Crippen LogP contribution >= 0.6 is 11.6 Å². The molecule has 0 bridgehead atoms. The van der Waals surface area contributed by atoms with E-state index in [-0.39, 0.29) is 23.6 Å². The fourth-order valence-corrected chi connectivity index (χ4v) is 3.60. The van der Waals surface area contributed by atoms with Gasteiger partial charge in [-0.1, -0.05) is 35.9 Å². The minimum Gasteiger partial charge on any atom is -0.266 e. The van der Waals surface area contributed by atoms with Crippen LogP contribution in [0.5, 0.6) is 0 Å². The number of halogens is 2. The second kappa shape index (κ2) is 4.64. The lowest BCUT2D eigenvalue weighted by atomic mass is 10.0. The molecule has 0 radical (unpaired) electrons. The monoisotopic (exact) mass is 314 g/mol. The molecule has 4 rings (SSSR count). The summed E-state index contributed by atoms with van der Waals surface area (Å²) in [7, 11) is 0. The Morgan fingerprint density at radius 3 is 2.27 bits per heavy atom. The molecule has 3 unspecified atom stereocenters. The van der Waals surface area contributed by atoms with E-state index in [0.717, 1.165) is 21.9 Å². The zero-order valence-electron chi connectivity index (χ0n) is 12.4. The molecule has 2 heterocycles. The van der Waals surface area contributed by atoms with Gasteiger partial charge >= 0.3 is 0 Å². The predicted molar refractivity (Wildman–Crippen MR) is 86.8 cm³/mol. The molecule has 0 aliphatic carbocycles. The molecule has 22 heavy (non-hydrogen) atoms. The quantitative estimate of drug-likeness (QED) is 0.748. The minimum atomic E-state index is -0.237. The van der Waals surface area contributed by atoms with Crippen LogP contribution in [0.2, 0.25) is 5.02 Å². The molecule has 3 atom stereocenters. The van der Waals surface area contributed by atoms with Gasteiger partial charge in [-0.3, -0.25) is 9.89 Å². The molecule has 0 N–H and O–H groups in total. The van der Waals surface area contributed by atoms with Gasteiger partial charge in [-0.2, -0.15) is 0 Å². The van der Waals surface area contributed by atoms with Crippen LogP contribution < -0.4 is 0 Å². The second-order valence-electron chi connectivity index (χ2n) is 6.35. The molecule has 2 nitrogen and oxygen atoms in total. The maximum Gasteiger partial charge on any atom is 0.123 e. The highest BCUT2D eigenvalue weighted by atomic mass is 35.5. The molecule has 2 aliphatic rings. The van der Waals surface area contributed by atoms with Gasteiger partial charge in [-0.15, -0.1) is 0 Å². The van der Waals surface area contributed by atoms with Crippen molar-refractivity contribution in [3.63, 3.8) is 0 Å². The summed E-state index contributed by atoms with van der Waals surface area (Å²) in [4.78, 5) is 7.24. The van der Waals surface area contributed by atoms with Gasteiger partial charge in [-0.25, -0.2) is 4.39 Å². The van der Waals surface area contributed by atoms with E-state index in [9.17, 15) is 4.39 Å². The van der Waals surface area contributed by atoms with Crippen LogP contribution in [-0.4, -0.2) is 22.3 Å². The van der Waals surface area contributed by atoms with E-state index in [1.165, 1.54) is 12.1 Å². The first kappa shape index (κ1) is 13.9. The molecular weight excluding hydrogens is 299 g/mol. The van der Waals surface area contributed by atoms with E-state index in [2.05, 4.69) is 18.7 Å². The van der Waals surface area contributed by atoms with Crippen LogP contribution in [0.15, 0.2) is 53.5 Å². The summed E-state index contributed by atoms with van der Waals surface area (Å²) in [5, 5.41) is 0.726. The van der Waals surface area contributed by atoms with Crippen molar-refractivity contribution in [3.8, 4) is 0 Å². The fraction of sp³-hybridized carbons (Fsp3) is 0.278. The third-order valence-corrected chi connectivity index (χ3v) is 4.72. The van der Waals surface area contributed by atoms with Crippen molar-refractivity contribution in [2.24, 2.45) is 4.99 Å². The van der Waals surface area contributed by atoms with Crippen molar-refractivity contribution in [1.29, 1.82) is 0 Å². The minimum absolute atomic E-state index is 0.199. The van der Waals surface area contributed by atoms with Gasteiger partial charge < -0.3 is 0 Å². The molecule has 1 fully saturated rings. The van der Waals surface area contributed by atoms with Crippen molar-refractivity contribution in [2.75, 3.05) is 0 Å². The predicted octanol–water partition coefficient (Wildman–Crippen LogP) is 4.44. The SMILES string of the molecule is CC1(C)N=C(c2ccc(Cl)cc2)C2C(c3ccc(F)cc3)N21. The summed E-state index contributed by atoms with van der Waals surface area (Å²) in [5.74, 6) is -0.199. The zero-order valence-corrected chi connectivity index (χ0v) is 13.2. The van der Waals surface area contributed by atoms with E-state index in [0.29, 0.717) is 0 Å². The highest BCUT2D eigenvalue weighted by molar-refractivity contribution is 6.30. The summed E-state index contributed by atoms with van der Waals surface area (Å²) in [6, 6.07) is 15.1. The maximum atomic E-state index is 13.1. The van der Waals surface area contributed by atoms with Gasteiger partial charge in [0.2, 0.25) is 0 Å². The number of hydrogen-bond acceptors (Lipinski definition) is 2. The molecule has 2 aliphatic heterocycles. The van der Waals surface area contributed by atoms with E-state index >= 15 is 0 Å². The lowest BCUT2D eigenvalue weighted by Crippen LogP contribution is -2.25. The van der Waals surface area contributed by atoms with Crippen molar-refractivity contribution in [2.45, 2.75) is 31.6 Å². The standard InChI is InChI=1S/C18H16ClFN2/c1-18(2)21-15(11-3-7-13(19)8-4-11)17-16(22(17)18)12-5-9-14(20)10-6-12/h3-10,16-17H,1-2H3. The molecule has 112 valence electrons. The first-order valence-corrected chi connectivity index (χ1v) is 7.75. The number of fused-ring (bicyclic) bond motifs is 1. The van der Waals surface area contributed by atoms with Gasteiger partial charge in [0.15, 0.2) is 0 Å². The molecule has 1 saturated heterocycles. The lowest BCUT2D eigenvalue weighted by Gasteiger charge is -2.20. The van der Waals surface area contributed by atoms with Gasteiger partial charge in [-0.05, 0) is 49.2 Å². The van der Waals surface area contributed by atoms with E-state index in [1.807, 2.05) is 36.4 Å². The van der Waals surface area contributed by atoms with Crippen LogP contribution in [-0.2, 0) is 0 Å². The molecule has 0 spiro atoms. The normalized spacial score (nSPS) is 28.2. The lowest BCUT2D eigenvalue weighted by molar-refractivity contribution is 0.281. The van der Waals surface area contributed by atoms with Gasteiger partial charge in [0.1, 0.15) is 11.5 Å². The molecule has 4 heteroatoms. The maximum absolute atomic E-state index is 13.1. The number of benzene rings is 2. The van der Waals surface area contributed by atoms with Gasteiger partial charge in [0, 0.05) is 5.02 Å². The van der Waals surface area contributed by atoms with Crippen LogP contribution in [0.3, 0.4) is 0 Å². The largest absolute Gasteiger partial charge is 0.266 e. The number of rotatable bonds is 2. The number of nitrogens with zero attached hydrogens (tertiary/aromatic N) is 2.